The summed E-state index contributed by atoms with van der Waals surface area (Å²) in [6.45, 7) is 6.35. The van der Waals surface area contributed by atoms with Crippen molar-refractivity contribution in [2.45, 2.75) is 31.2 Å². The third kappa shape index (κ3) is 2.58. The smallest absolute Gasteiger partial charge is 0.118 e. The number of pyridine rings is 1. The van der Waals surface area contributed by atoms with E-state index in [2.05, 4.69) is 31.6 Å². The van der Waals surface area contributed by atoms with Gasteiger partial charge >= 0.3 is 0 Å². The SMILES string of the molecule is C=S(C)(=O)c1cc(C(C)(C)C)ccn1. The van der Waals surface area contributed by atoms with Gasteiger partial charge in [0.1, 0.15) is 5.03 Å². The van der Waals surface area contributed by atoms with Crippen LogP contribution in [0.4, 0.5) is 0 Å². The molecule has 1 unspecified atom stereocenters. The minimum atomic E-state index is -2.20. The van der Waals surface area contributed by atoms with Crippen molar-refractivity contribution in [1.82, 2.24) is 4.98 Å². The fourth-order valence-electron chi connectivity index (χ4n) is 1.11. The molecule has 0 aliphatic rings. The Labute approximate surface area is 86.4 Å². The molecule has 1 atom stereocenters. The molecule has 0 aliphatic heterocycles. The number of nitrogens with zero attached hydrogens (tertiary/aromatic N) is 1. The fourth-order valence-corrected chi connectivity index (χ4v) is 1.77. The monoisotopic (exact) mass is 211 g/mol. The van der Waals surface area contributed by atoms with Gasteiger partial charge in [-0.25, -0.2) is 4.98 Å². The first-order chi connectivity index (χ1) is 6.21. The number of rotatable bonds is 1. The van der Waals surface area contributed by atoms with E-state index in [1.165, 1.54) is 0 Å². The van der Waals surface area contributed by atoms with Gasteiger partial charge in [-0.1, -0.05) is 20.8 Å². The quantitative estimate of drug-likeness (QED) is 0.666. The zero-order valence-electron chi connectivity index (χ0n) is 9.20. The summed E-state index contributed by atoms with van der Waals surface area (Å²) in [4.78, 5) is 4.09. The molecular weight excluding hydrogens is 194 g/mol. The highest BCUT2D eigenvalue weighted by Gasteiger charge is 2.15. The van der Waals surface area contributed by atoms with Crippen LogP contribution in [0.5, 0.6) is 0 Å². The zero-order chi connectivity index (χ0) is 11.0. The molecule has 78 valence electrons. The van der Waals surface area contributed by atoms with Crippen molar-refractivity contribution in [1.29, 1.82) is 0 Å². The second-order valence-electron chi connectivity index (χ2n) is 4.64. The number of aromatic nitrogens is 1. The number of hydrogen-bond donors (Lipinski definition) is 0. The maximum absolute atomic E-state index is 11.7. The van der Waals surface area contributed by atoms with Crippen molar-refractivity contribution < 1.29 is 4.21 Å². The summed E-state index contributed by atoms with van der Waals surface area (Å²) >= 11 is 0. The minimum Gasteiger partial charge on any atom is -0.262 e. The molecule has 0 saturated heterocycles. The molecule has 1 aromatic rings. The summed E-state index contributed by atoms with van der Waals surface area (Å²) in [6, 6.07) is 3.84. The Morgan fingerprint density at radius 2 is 2.00 bits per heavy atom. The van der Waals surface area contributed by atoms with E-state index in [4.69, 9.17) is 0 Å². The van der Waals surface area contributed by atoms with E-state index in [0.29, 0.717) is 5.03 Å². The van der Waals surface area contributed by atoms with Crippen molar-refractivity contribution >= 4 is 15.4 Å². The third-order valence-corrected chi connectivity index (χ3v) is 3.15. The molecule has 0 bridgehead atoms. The van der Waals surface area contributed by atoms with Crippen LogP contribution in [0.1, 0.15) is 26.3 Å². The summed E-state index contributed by atoms with van der Waals surface area (Å²) in [6.07, 6.45) is 3.31. The van der Waals surface area contributed by atoms with E-state index in [0.717, 1.165) is 5.56 Å². The normalized spacial score (nSPS) is 16.3. The minimum absolute atomic E-state index is 0.0579. The van der Waals surface area contributed by atoms with E-state index in [-0.39, 0.29) is 5.41 Å². The molecule has 0 aromatic carbocycles. The highest BCUT2D eigenvalue weighted by Crippen LogP contribution is 2.22. The van der Waals surface area contributed by atoms with Gasteiger partial charge in [-0.15, -0.1) is 0 Å². The highest BCUT2D eigenvalue weighted by molar-refractivity contribution is 7.99. The average Bonchev–Trinajstić information content (AvgIpc) is 2.01. The van der Waals surface area contributed by atoms with Crippen molar-refractivity contribution in [2.75, 3.05) is 6.26 Å². The Bertz CT molecular complexity index is 427. The second kappa shape index (κ2) is 3.39. The van der Waals surface area contributed by atoms with Crippen molar-refractivity contribution in [2.24, 2.45) is 0 Å². The Balaban J connectivity index is 3.29. The first-order valence-corrected chi connectivity index (χ1v) is 6.63. The van der Waals surface area contributed by atoms with Crippen LogP contribution in [0.25, 0.3) is 0 Å². The molecule has 0 saturated carbocycles. The van der Waals surface area contributed by atoms with Crippen molar-refractivity contribution in [3.63, 3.8) is 0 Å². The van der Waals surface area contributed by atoms with Gasteiger partial charge in [0.05, 0.1) is 0 Å². The average molecular weight is 211 g/mol. The van der Waals surface area contributed by atoms with E-state index < -0.39 is 9.52 Å². The summed E-state index contributed by atoms with van der Waals surface area (Å²) in [5.74, 6) is 3.63. The summed E-state index contributed by atoms with van der Waals surface area (Å²) < 4.78 is 11.7. The molecular formula is C11H17NOS. The van der Waals surface area contributed by atoms with Crippen LogP contribution in [-0.4, -0.2) is 21.3 Å². The lowest BCUT2D eigenvalue weighted by atomic mass is 9.88. The molecule has 0 spiro atoms. The lowest BCUT2D eigenvalue weighted by Gasteiger charge is -2.19. The van der Waals surface area contributed by atoms with Gasteiger partial charge in [0, 0.05) is 22.0 Å². The second-order valence-corrected chi connectivity index (χ2v) is 7.07. The van der Waals surface area contributed by atoms with Crippen LogP contribution >= 0.6 is 0 Å². The summed E-state index contributed by atoms with van der Waals surface area (Å²) in [7, 11) is -2.20. The van der Waals surface area contributed by atoms with Crippen LogP contribution in [0.15, 0.2) is 23.4 Å². The first-order valence-electron chi connectivity index (χ1n) is 4.50. The van der Waals surface area contributed by atoms with Gasteiger partial charge in [-0.2, -0.15) is 0 Å². The van der Waals surface area contributed by atoms with Crippen molar-refractivity contribution in [3.05, 3.63) is 23.9 Å². The molecule has 0 amide bonds. The van der Waals surface area contributed by atoms with Crippen LogP contribution in [0.2, 0.25) is 0 Å². The Hall–Kier alpha value is -0.830. The fraction of sp³-hybridized carbons (Fsp3) is 0.455. The van der Waals surface area contributed by atoms with E-state index in [1.807, 2.05) is 12.1 Å². The van der Waals surface area contributed by atoms with E-state index in [9.17, 15) is 4.21 Å². The topological polar surface area (TPSA) is 30.0 Å². The summed E-state index contributed by atoms with van der Waals surface area (Å²) in [5.41, 5.74) is 1.20. The first kappa shape index (κ1) is 11.2. The molecule has 1 rings (SSSR count). The van der Waals surface area contributed by atoms with Gasteiger partial charge in [0.2, 0.25) is 0 Å². The Morgan fingerprint density at radius 1 is 1.43 bits per heavy atom. The van der Waals surface area contributed by atoms with Crippen molar-refractivity contribution in [3.8, 4) is 0 Å². The van der Waals surface area contributed by atoms with E-state index >= 15 is 0 Å². The lowest BCUT2D eigenvalue weighted by molar-refractivity contribution is 0.586. The summed E-state index contributed by atoms with van der Waals surface area (Å²) in [5, 5.41) is 0.588. The maximum atomic E-state index is 11.7. The van der Waals surface area contributed by atoms with Gasteiger partial charge < -0.3 is 0 Å². The van der Waals surface area contributed by atoms with Gasteiger partial charge in [0.25, 0.3) is 0 Å². The molecule has 1 aromatic heterocycles. The zero-order valence-corrected chi connectivity index (χ0v) is 10.0. The van der Waals surface area contributed by atoms with Crippen LogP contribution in [-0.2, 0) is 14.9 Å². The van der Waals surface area contributed by atoms with E-state index in [1.54, 1.807) is 12.5 Å². The number of hydrogen-bond acceptors (Lipinski definition) is 2. The standard InChI is InChI=1S/C11H17NOS/c1-11(2,3)9-6-7-12-10(8-9)14(4,5)13/h6-8H,4H2,1-3,5H3. The molecule has 0 aliphatic carbocycles. The largest absolute Gasteiger partial charge is 0.262 e. The molecule has 0 radical (unpaired) electrons. The molecule has 2 nitrogen and oxygen atoms in total. The van der Waals surface area contributed by atoms with Gasteiger partial charge in [-0.3, -0.25) is 4.21 Å². The molecule has 3 heteroatoms. The predicted octanol–water partition coefficient (Wildman–Crippen LogP) is 2.08. The van der Waals surface area contributed by atoms with Crippen LogP contribution < -0.4 is 0 Å². The lowest BCUT2D eigenvalue weighted by Crippen LogP contribution is -2.12. The third-order valence-electron chi connectivity index (χ3n) is 2.04. The Kier molecular flexibility index (Phi) is 2.72. The van der Waals surface area contributed by atoms with Gasteiger partial charge in [-0.05, 0) is 29.0 Å². The van der Waals surface area contributed by atoms with Crippen LogP contribution in [0.3, 0.4) is 0 Å². The van der Waals surface area contributed by atoms with Gasteiger partial charge in [0.15, 0.2) is 0 Å². The predicted molar refractivity (Wildman–Crippen MR) is 62.4 cm³/mol. The molecule has 14 heavy (non-hydrogen) atoms. The Morgan fingerprint density at radius 3 is 2.43 bits per heavy atom. The molecule has 1 heterocycles. The molecule has 0 fully saturated rings. The van der Waals surface area contributed by atoms with Crippen LogP contribution in [0, 0.1) is 0 Å². The maximum Gasteiger partial charge on any atom is 0.118 e. The molecule has 0 N–H and O–H groups in total. The highest BCUT2D eigenvalue weighted by atomic mass is 32.2.